The van der Waals surface area contributed by atoms with Crippen molar-refractivity contribution in [2.45, 2.75) is 26.2 Å². The Morgan fingerprint density at radius 1 is 0.465 bits per heavy atom. The summed E-state index contributed by atoms with van der Waals surface area (Å²) in [7, 11) is 0. The normalized spacial score (nSPS) is 13.7. The molecule has 0 unspecified atom stereocenters. The first-order chi connectivity index (χ1) is 21.0. The van der Waals surface area contributed by atoms with Gasteiger partial charge in [-0.25, -0.2) is 0 Å². The van der Waals surface area contributed by atoms with Gasteiger partial charge < -0.3 is 0 Å². The summed E-state index contributed by atoms with van der Waals surface area (Å²) in [6, 6.07) is 47.7. The second kappa shape index (κ2) is 8.89. The average molecular weight is 567 g/mol. The highest BCUT2D eigenvalue weighted by Crippen LogP contribution is 2.56. The third kappa shape index (κ3) is 3.49. The summed E-state index contributed by atoms with van der Waals surface area (Å²) >= 11 is 1.95. The van der Waals surface area contributed by atoms with E-state index in [-0.39, 0.29) is 5.41 Å². The highest BCUT2D eigenvalue weighted by atomic mass is 32.1. The maximum atomic E-state index is 2.48. The molecule has 0 saturated heterocycles. The minimum atomic E-state index is -0.0589. The Morgan fingerprint density at radius 3 is 1.74 bits per heavy atom. The van der Waals surface area contributed by atoms with E-state index in [1.165, 1.54) is 91.8 Å². The molecule has 1 heteroatoms. The van der Waals surface area contributed by atoms with Crippen LogP contribution in [0.2, 0.25) is 0 Å². The van der Waals surface area contributed by atoms with Gasteiger partial charge in [0.1, 0.15) is 0 Å². The lowest BCUT2D eigenvalue weighted by atomic mass is 9.80. The molecular weight excluding hydrogens is 537 g/mol. The molecule has 0 atom stereocenters. The summed E-state index contributed by atoms with van der Waals surface area (Å²) < 4.78 is 1.39. The van der Waals surface area contributed by atoms with Gasteiger partial charge in [-0.3, -0.25) is 0 Å². The van der Waals surface area contributed by atoms with Crippen molar-refractivity contribution >= 4 is 53.7 Å². The zero-order valence-electron chi connectivity index (χ0n) is 24.5. The lowest BCUT2D eigenvalue weighted by Crippen LogP contribution is -2.15. The molecular formula is C42H30S. The number of hydrogen-bond acceptors (Lipinski definition) is 1. The Labute approximate surface area is 255 Å². The van der Waals surface area contributed by atoms with Crippen molar-refractivity contribution in [3.8, 4) is 32.7 Å². The highest BCUT2D eigenvalue weighted by Gasteiger charge is 2.39. The van der Waals surface area contributed by atoms with Crippen LogP contribution in [0, 0.1) is 6.92 Å². The van der Waals surface area contributed by atoms with Gasteiger partial charge in [-0.2, -0.15) is 0 Å². The monoisotopic (exact) mass is 566 g/mol. The third-order valence-corrected chi connectivity index (χ3v) is 10.9. The van der Waals surface area contributed by atoms with Crippen LogP contribution in [-0.4, -0.2) is 0 Å². The predicted molar refractivity (Wildman–Crippen MR) is 188 cm³/mol. The topological polar surface area (TPSA) is 0 Å². The molecule has 1 aliphatic carbocycles. The molecule has 0 radical (unpaired) electrons. The van der Waals surface area contributed by atoms with Gasteiger partial charge in [0.25, 0.3) is 0 Å². The van der Waals surface area contributed by atoms with Crippen molar-refractivity contribution < 1.29 is 0 Å². The number of aryl methyl sites for hydroxylation is 1. The Hall–Kier alpha value is -4.72. The van der Waals surface area contributed by atoms with Crippen molar-refractivity contribution in [3.05, 3.63) is 144 Å². The van der Waals surface area contributed by atoms with Crippen LogP contribution in [0.3, 0.4) is 0 Å². The van der Waals surface area contributed by atoms with Crippen molar-refractivity contribution in [1.29, 1.82) is 0 Å². The van der Waals surface area contributed by atoms with Gasteiger partial charge in [0, 0.05) is 15.0 Å². The summed E-state index contributed by atoms with van der Waals surface area (Å²) in [5, 5.41) is 9.24. The van der Waals surface area contributed by atoms with Crippen LogP contribution in [0.5, 0.6) is 0 Å². The number of hydrogen-bond donors (Lipinski definition) is 0. The van der Waals surface area contributed by atoms with Crippen LogP contribution >= 0.6 is 11.3 Å². The van der Waals surface area contributed by atoms with E-state index in [0.717, 1.165) is 0 Å². The van der Waals surface area contributed by atoms with Crippen LogP contribution < -0.4 is 0 Å². The van der Waals surface area contributed by atoms with E-state index in [9.17, 15) is 0 Å². The summed E-state index contributed by atoms with van der Waals surface area (Å²) in [4.78, 5) is 1.44. The molecule has 204 valence electrons. The fraction of sp³-hybridized carbons (Fsp3) is 0.0952. The van der Waals surface area contributed by atoms with E-state index in [0.29, 0.717) is 0 Å². The minimum absolute atomic E-state index is 0.0589. The molecule has 0 fully saturated rings. The van der Waals surface area contributed by atoms with Crippen molar-refractivity contribution in [2.24, 2.45) is 0 Å². The first-order valence-corrected chi connectivity index (χ1v) is 15.9. The molecule has 1 aromatic heterocycles. The molecule has 8 aromatic rings. The predicted octanol–water partition coefficient (Wildman–Crippen LogP) is 12.3. The van der Waals surface area contributed by atoms with E-state index in [1.807, 2.05) is 11.3 Å². The summed E-state index contributed by atoms with van der Waals surface area (Å²) in [5.74, 6) is 0. The van der Waals surface area contributed by atoms with Crippen LogP contribution in [0.25, 0.3) is 75.1 Å². The van der Waals surface area contributed by atoms with Gasteiger partial charge in [0.2, 0.25) is 0 Å². The molecule has 1 heterocycles. The van der Waals surface area contributed by atoms with Crippen LogP contribution in [0.1, 0.15) is 30.5 Å². The van der Waals surface area contributed by atoms with Crippen molar-refractivity contribution in [3.63, 3.8) is 0 Å². The first-order valence-electron chi connectivity index (χ1n) is 15.1. The Morgan fingerprint density at radius 2 is 1.07 bits per heavy atom. The molecule has 0 bridgehead atoms. The largest absolute Gasteiger partial charge is 0.135 e. The zero-order valence-corrected chi connectivity index (χ0v) is 25.3. The summed E-state index contributed by atoms with van der Waals surface area (Å²) in [6.07, 6.45) is 0. The number of benzene rings is 7. The lowest BCUT2D eigenvalue weighted by Gasteiger charge is -2.23. The molecule has 0 aliphatic heterocycles. The van der Waals surface area contributed by atoms with E-state index < -0.39 is 0 Å². The molecule has 7 aromatic carbocycles. The standard InChI is InChI=1S/C42H30S/c1-25-17-20-39-37(21-25)40-41(43-39)32-19-18-27(22-38(32)42(40,2)3)34-24-36-30-15-9-7-13-28(30)33(26-11-5-4-6-12-26)23-35(36)31-16-10-8-14-29(31)34/h4-24H,1-3H3. The van der Waals surface area contributed by atoms with Gasteiger partial charge in [0.15, 0.2) is 0 Å². The van der Waals surface area contributed by atoms with Gasteiger partial charge >= 0.3 is 0 Å². The van der Waals surface area contributed by atoms with Crippen LogP contribution in [0.15, 0.2) is 127 Å². The number of rotatable bonds is 2. The van der Waals surface area contributed by atoms with Gasteiger partial charge in [0.05, 0.1) is 0 Å². The minimum Gasteiger partial charge on any atom is -0.135 e. The fourth-order valence-corrected chi connectivity index (χ4v) is 9.01. The van der Waals surface area contributed by atoms with Crippen molar-refractivity contribution in [2.75, 3.05) is 0 Å². The first kappa shape index (κ1) is 24.8. The van der Waals surface area contributed by atoms with Gasteiger partial charge in [-0.05, 0) is 108 Å². The Kier molecular flexibility index (Phi) is 5.14. The SMILES string of the molecule is Cc1ccc2sc3c(c2c1)C(C)(C)c1cc(-c2cc4c5ccccc5c(-c5ccccc5)cc4c4ccccc24)ccc1-3. The van der Waals surface area contributed by atoms with Gasteiger partial charge in [-0.1, -0.05) is 123 Å². The van der Waals surface area contributed by atoms with E-state index in [2.05, 4.69) is 148 Å². The van der Waals surface area contributed by atoms with E-state index in [1.54, 1.807) is 0 Å². The maximum Gasteiger partial charge on any atom is 0.0399 e. The molecule has 0 amide bonds. The molecule has 0 nitrogen and oxygen atoms in total. The lowest BCUT2D eigenvalue weighted by molar-refractivity contribution is 0.667. The van der Waals surface area contributed by atoms with Crippen LogP contribution in [0.4, 0.5) is 0 Å². The number of thiophene rings is 1. The Balaban J connectivity index is 1.32. The van der Waals surface area contributed by atoms with E-state index >= 15 is 0 Å². The third-order valence-electron chi connectivity index (χ3n) is 9.68. The molecule has 43 heavy (non-hydrogen) atoms. The fourth-order valence-electron chi connectivity index (χ4n) is 7.63. The molecule has 9 rings (SSSR count). The Bertz CT molecular complexity index is 2420. The zero-order chi connectivity index (χ0) is 28.9. The maximum absolute atomic E-state index is 2.48. The quantitative estimate of drug-likeness (QED) is 0.183. The molecule has 1 aliphatic rings. The van der Waals surface area contributed by atoms with Gasteiger partial charge in [-0.15, -0.1) is 11.3 Å². The molecule has 0 saturated carbocycles. The summed E-state index contributed by atoms with van der Waals surface area (Å²) in [5.41, 5.74) is 10.7. The second-order valence-electron chi connectivity index (χ2n) is 12.6. The second-order valence-corrected chi connectivity index (χ2v) is 13.6. The average Bonchev–Trinajstić information content (AvgIpc) is 3.53. The number of fused-ring (bicyclic) bond motifs is 10. The van der Waals surface area contributed by atoms with E-state index in [4.69, 9.17) is 0 Å². The van der Waals surface area contributed by atoms with Crippen LogP contribution in [-0.2, 0) is 5.41 Å². The highest BCUT2D eigenvalue weighted by molar-refractivity contribution is 7.22. The van der Waals surface area contributed by atoms with Crippen molar-refractivity contribution in [1.82, 2.24) is 0 Å². The summed E-state index contributed by atoms with van der Waals surface area (Å²) in [6.45, 7) is 7.02. The molecule has 0 spiro atoms. The molecule has 0 N–H and O–H groups in total. The smallest absolute Gasteiger partial charge is 0.0399 e.